The van der Waals surface area contributed by atoms with E-state index in [1.807, 2.05) is 35.2 Å². The highest BCUT2D eigenvalue weighted by atomic mass is 35.5. The Kier molecular flexibility index (Phi) is 4.61. The van der Waals surface area contributed by atoms with Crippen LogP contribution in [0.2, 0.25) is 5.02 Å². The Morgan fingerprint density at radius 3 is 2.74 bits per heavy atom. The summed E-state index contributed by atoms with van der Waals surface area (Å²) in [5, 5.41) is 0.697. The van der Waals surface area contributed by atoms with Crippen molar-refractivity contribution in [2.45, 2.75) is 19.4 Å². The molecule has 0 aromatic heterocycles. The normalized spacial score (nSPS) is 23.2. The lowest BCUT2D eigenvalue weighted by Gasteiger charge is -2.19. The summed E-state index contributed by atoms with van der Waals surface area (Å²) < 4.78 is 0. The van der Waals surface area contributed by atoms with Crippen molar-refractivity contribution in [2.75, 3.05) is 13.1 Å². The number of nitrogens with two attached hydrogens (primary N) is 1. The van der Waals surface area contributed by atoms with Gasteiger partial charge in [-0.25, -0.2) is 0 Å². The third-order valence-electron chi connectivity index (χ3n) is 3.57. The summed E-state index contributed by atoms with van der Waals surface area (Å²) in [6.07, 6.45) is 4.44. The number of nitrogens with zero attached hydrogens (tertiary/aromatic N) is 1. The van der Waals surface area contributed by atoms with Gasteiger partial charge in [-0.1, -0.05) is 23.7 Å². The molecule has 4 heteroatoms. The minimum Gasteiger partial charge on any atom is -0.336 e. The molecule has 3 nitrogen and oxygen atoms in total. The van der Waals surface area contributed by atoms with Gasteiger partial charge < -0.3 is 10.6 Å². The Morgan fingerprint density at radius 2 is 2.16 bits per heavy atom. The fourth-order valence-electron chi connectivity index (χ4n) is 2.46. The maximum atomic E-state index is 12.1. The molecule has 1 aliphatic rings. The molecule has 0 saturated carbocycles. The summed E-state index contributed by atoms with van der Waals surface area (Å²) in [5.41, 5.74) is 6.64. The van der Waals surface area contributed by atoms with Gasteiger partial charge >= 0.3 is 0 Å². The molecule has 2 N–H and O–H groups in total. The lowest BCUT2D eigenvalue weighted by molar-refractivity contribution is -0.126. The number of halogens is 1. The summed E-state index contributed by atoms with van der Waals surface area (Å²) >= 11 is 5.82. The van der Waals surface area contributed by atoms with Crippen LogP contribution >= 0.6 is 11.6 Å². The molecule has 102 valence electrons. The number of carbonyl (C=O) groups is 1. The molecule has 1 saturated heterocycles. The molecular weight excluding hydrogens is 260 g/mol. The van der Waals surface area contributed by atoms with Gasteiger partial charge in [-0.3, -0.25) is 4.79 Å². The predicted octanol–water partition coefficient (Wildman–Crippen LogP) is 2.55. The van der Waals surface area contributed by atoms with Crippen LogP contribution in [-0.4, -0.2) is 29.9 Å². The smallest absolute Gasteiger partial charge is 0.246 e. The number of likely N-dealkylation sites (tertiary alicyclic amines) is 1. The average molecular weight is 279 g/mol. The second-order valence-corrected chi connectivity index (χ2v) is 5.50. The summed E-state index contributed by atoms with van der Waals surface area (Å²) in [4.78, 5) is 14.0. The van der Waals surface area contributed by atoms with Gasteiger partial charge in [0, 0.05) is 23.7 Å². The number of hydrogen-bond acceptors (Lipinski definition) is 2. The van der Waals surface area contributed by atoms with E-state index in [0.717, 1.165) is 18.5 Å². The van der Waals surface area contributed by atoms with Crippen LogP contribution in [0.15, 0.2) is 30.3 Å². The van der Waals surface area contributed by atoms with E-state index in [9.17, 15) is 4.79 Å². The minimum absolute atomic E-state index is 0.0541. The molecule has 1 aliphatic heterocycles. The molecule has 0 aliphatic carbocycles. The van der Waals surface area contributed by atoms with Crippen molar-refractivity contribution < 1.29 is 4.79 Å². The molecule has 1 fully saturated rings. The standard InChI is InChI=1S/C15H19ClN2O/c1-11-8-13(9-17)10-18(11)15(19)7-4-12-2-5-14(16)6-3-12/h2-7,11,13H,8-10,17H2,1H3/b7-4+. The molecule has 0 radical (unpaired) electrons. The molecule has 2 unspecified atom stereocenters. The summed E-state index contributed by atoms with van der Waals surface area (Å²) in [6.45, 7) is 3.49. The fourth-order valence-corrected chi connectivity index (χ4v) is 2.58. The third kappa shape index (κ3) is 3.58. The van der Waals surface area contributed by atoms with Crippen LogP contribution in [0.25, 0.3) is 6.08 Å². The van der Waals surface area contributed by atoms with Crippen molar-refractivity contribution in [1.29, 1.82) is 0 Å². The Bertz CT molecular complexity index is 470. The molecule has 1 aromatic rings. The highest BCUT2D eigenvalue weighted by Crippen LogP contribution is 2.22. The molecule has 1 amide bonds. The second kappa shape index (κ2) is 6.22. The zero-order chi connectivity index (χ0) is 13.8. The monoisotopic (exact) mass is 278 g/mol. The SMILES string of the molecule is CC1CC(CN)CN1C(=O)/C=C/c1ccc(Cl)cc1. The van der Waals surface area contributed by atoms with Crippen LogP contribution in [0.4, 0.5) is 0 Å². The van der Waals surface area contributed by atoms with Gasteiger partial charge in [0.25, 0.3) is 0 Å². The number of benzene rings is 1. The third-order valence-corrected chi connectivity index (χ3v) is 3.82. The van der Waals surface area contributed by atoms with E-state index in [1.54, 1.807) is 6.08 Å². The topological polar surface area (TPSA) is 46.3 Å². The Hall–Kier alpha value is -1.32. The van der Waals surface area contributed by atoms with Crippen molar-refractivity contribution in [3.8, 4) is 0 Å². The zero-order valence-corrected chi connectivity index (χ0v) is 11.8. The highest BCUT2D eigenvalue weighted by molar-refractivity contribution is 6.30. The van der Waals surface area contributed by atoms with E-state index in [2.05, 4.69) is 6.92 Å². The summed E-state index contributed by atoms with van der Waals surface area (Å²) in [5.74, 6) is 0.487. The maximum absolute atomic E-state index is 12.1. The number of amides is 1. The highest BCUT2D eigenvalue weighted by Gasteiger charge is 2.30. The lowest BCUT2D eigenvalue weighted by Crippen LogP contribution is -2.33. The molecular formula is C15H19ClN2O. The van der Waals surface area contributed by atoms with Crippen LogP contribution in [0.5, 0.6) is 0 Å². The minimum atomic E-state index is 0.0541. The molecule has 0 spiro atoms. The fraction of sp³-hybridized carbons (Fsp3) is 0.400. The van der Waals surface area contributed by atoms with E-state index >= 15 is 0 Å². The predicted molar refractivity (Wildman–Crippen MR) is 78.8 cm³/mol. The first-order valence-electron chi connectivity index (χ1n) is 6.54. The van der Waals surface area contributed by atoms with E-state index in [1.165, 1.54) is 0 Å². The second-order valence-electron chi connectivity index (χ2n) is 5.06. The van der Waals surface area contributed by atoms with E-state index in [4.69, 9.17) is 17.3 Å². The van der Waals surface area contributed by atoms with Gasteiger partial charge in [0.15, 0.2) is 0 Å². The van der Waals surface area contributed by atoms with Gasteiger partial charge in [0.1, 0.15) is 0 Å². The number of rotatable bonds is 3. The van der Waals surface area contributed by atoms with E-state index in [0.29, 0.717) is 17.5 Å². The largest absolute Gasteiger partial charge is 0.336 e. The molecule has 2 rings (SSSR count). The van der Waals surface area contributed by atoms with Crippen molar-refractivity contribution >= 4 is 23.6 Å². The van der Waals surface area contributed by atoms with Crippen molar-refractivity contribution in [3.05, 3.63) is 40.9 Å². The Balaban J connectivity index is 1.99. The first kappa shape index (κ1) is 14.1. The van der Waals surface area contributed by atoms with Crippen molar-refractivity contribution in [1.82, 2.24) is 4.90 Å². The molecule has 2 atom stereocenters. The van der Waals surface area contributed by atoms with Crippen LogP contribution in [0, 0.1) is 5.92 Å². The Labute approximate surface area is 119 Å². The van der Waals surface area contributed by atoms with Gasteiger partial charge in [-0.2, -0.15) is 0 Å². The molecule has 1 aromatic carbocycles. The van der Waals surface area contributed by atoms with Gasteiger partial charge in [0.2, 0.25) is 5.91 Å². The molecule has 19 heavy (non-hydrogen) atoms. The van der Waals surface area contributed by atoms with Crippen molar-refractivity contribution in [3.63, 3.8) is 0 Å². The van der Waals surface area contributed by atoms with Crippen LogP contribution in [0.1, 0.15) is 18.9 Å². The van der Waals surface area contributed by atoms with Gasteiger partial charge in [-0.05, 0) is 49.6 Å². The summed E-state index contributed by atoms with van der Waals surface area (Å²) in [6, 6.07) is 7.68. The van der Waals surface area contributed by atoms with Gasteiger partial charge in [0.05, 0.1) is 0 Å². The maximum Gasteiger partial charge on any atom is 0.246 e. The molecule has 1 heterocycles. The van der Waals surface area contributed by atoms with E-state index < -0.39 is 0 Å². The average Bonchev–Trinajstić information content (AvgIpc) is 2.79. The van der Waals surface area contributed by atoms with Crippen LogP contribution in [-0.2, 0) is 4.79 Å². The summed E-state index contributed by atoms with van der Waals surface area (Å²) in [7, 11) is 0. The lowest BCUT2D eigenvalue weighted by atomic mass is 10.1. The number of carbonyl (C=O) groups excluding carboxylic acids is 1. The van der Waals surface area contributed by atoms with Gasteiger partial charge in [-0.15, -0.1) is 0 Å². The van der Waals surface area contributed by atoms with Crippen molar-refractivity contribution in [2.24, 2.45) is 11.7 Å². The van der Waals surface area contributed by atoms with Crippen LogP contribution < -0.4 is 5.73 Å². The van der Waals surface area contributed by atoms with E-state index in [-0.39, 0.29) is 11.9 Å². The molecule has 0 bridgehead atoms. The Morgan fingerprint density at radius 1 is 1.47 bits per heavy atom. The quantitative estimate of drug-likeness (QED) is 0.864. The van der Waals surface area contributed by atoms with Crippen LogP contribution in [0.3, 0.4) is 0 Å². The first-order valence-corrected chi connectivity index (χ1v) is 6.92. The first-order chi connectivity index (χ1) is 9.10. The number of hydrogen-bond donors (Lipinski definition) is 1. The zero-order valence-electron chi connectivity index (χ0n) is 11.1.